The lowest BCUT2D eigenvalue weighted by atomic mass is 9.89. The van der Waals surface area contributed by atoms with Crippen molar-refractivity contribution < 1.29 is 0 Å². The number of hydrogen-bond acceptors (Lipinski definition) is 4. The Bertz CT molecular complexity index is 372. The van der Waals surface area contributed by atoms with Gasteiger partial charge in [0.2, 0.25) is 0 Å². The van der Waals surface area contributed by atoms with E-state index in [1.54, 1.807) is 0 Å². The van der Waals surface area contributed by atoms with Crippen LogP contribution in [-0.4, -0.2) is 47.5 Å². The standard InChI is InChI=1S/C15H25N3S/c1-2-7-15(6-1)10-16-14(19-11-15)17-12-5-8-18(9-12)13-3-4-13/h12-13H,1-11H2,(H,16,17). The first-order chi connectivity index (χ1) is 9.33. The van der Waals surface area contributed by atoms with Crippen LogP contribution in [0.3, 0.4) is 0 Å². The number of nitrogens with one attached hydrogen (secondary N) is 1. The highest BCUT2D eigenvalue weighted by atomic mass is 32.2. The number of nitrogens with zero attached hydrogens (tertiary/aromatic N) is 2. The van der Waals surface area contributed by atoms with E-state index >= 15 is 0 Å². The van der Waals surface area contributed by atoms with Crippen molar-refractivity contribution in [3.63, 3.8) is 0 Å². The molecule has 2 aliphatic heterocycles. The van der Waals surface area contributed by atoms with Crippen molar-refractivity contribution in [2.75, 3.05) is 25.4 Å². The summed E-state index contributed by atoms with van der Waals surface area (Å²) in [5.74, 6) is 1.30. The van der Waals surface area contributed by atoms with Gasteiger partial charge in [-0.3, -0.25) is 9.89 Å². The zero-order chi connectivity index (χ0) is 12.7. The summed E-state index contributed by atoms with van der Waals surface area (Å²) in [7, 11) is 0. The fourth-order valence-electron chi connectivity index (χ4n) is 3.92. The Labute approximate surface area is 120 Å². The first-order valence-electron chi connectivity index (χ1n) is 8.01. The fourth-order valence-corrected chi connectivity index (χ4v) is 5.15. The minimum atomic E-state index is 0.575. The maximum Gasteiger partial charge on any atom is 0.156 e. The van der Waals surface area contributed by atoms with Gasteiger partial charge in [-0.15, -0.1) is 0 Å². The van der Waals surface area contributed by atoms with E-state index in [1.165, 1.54) is 69.0 Å². The SMILES string of the molecule is C1CCC2(C1)CN=C(NC1CCN(C3CC3)C1)SC2. The first kappa shape index (κ1) is 12.5. The molecule has 0 aromatic carbocycles. The second-order valence-electron chi connectivity index (χ2n) is 6.97. The van der Waals surface area contributed by atoms with Gasteiger partial charge in [0.1, 0.15) is 0 Å². The highest BCUT2D eigenvalue weighted by molar-refractivity contribution is 8.13. The first-order valence-corrected chi connectivity index (χ1v) is 8.99. The molecule has 1 atom stereocenters. The third-order valence-electron chi connectivity index (χ3n) is 5.35. The molecule has 0 radical (unpaired) electrons. The third kappa shape index (κ3) is 2.66. The Morgan fingerprint density at radius 1 is 1.21 bits per heavy atom. The van der Waals surface area contributed by atoms with Gasteiger partial charge in [-0.1, -0.05) is 24.6 Å². The highest BCUT2D eigenvalue weighted by Crippen LogP contribution is 2.43. The van der Waals surface area contributed by atoms with E-state index in [4.69, 9.17) is 4.99 Å². The predicted molar refractivity (Wildman–Crippen MR) is 81.8 cm³/mol. The highest BCUT2D eigenvalue weighted by Gasteiger charge is 2.38. The number of likely N-dealkylation sites (tertiary alicyclic amines) is 1. The maximum atomic E-state index is 4.86. The van der Waals surface area contributed by atoms with E-state index in [2.05, 4.69) is 10.2 Å². The molecule has 1 saturated heterocycles. The van der Waals surface area contributed by atoms with Crippen molar-refractivity contribution in [2.45, 2.75) is 57.0 Å². The van der Waals surface area contributed by atoms with Crippen LogP contribution in [0.2, 0.25) is 0 Å². The second kappa shape index (κ2) is 4.96. The number of aliphatic imine (C=N–C) groups is 1. The quantitative estimate of drug-likeness (QED) is 0.841. The van der Waals surface area contributed by atoms with E-state index in [-0.39, 0.29) is 0 Å². The lowest BCUT2D eigenvalue weighted by molar-refractivity contribution is 0.321. The molecule has 19 heavy (non-hydrogen) atoms. The molecule has 4 rings (SSSR count). The van der Waals surface area contributed by atoms with Crippen LogP contribution < -0.4 is 5.32 Å². The van der Waals surface area contributed by atoms with Crippen molar-refractivity contribution in [3.05, 3.63) is 0 Å². The summed E-state index contributed by atoms with van der Waals surface area (Å²) in [4.78, 5) is 7.53. The van der Waals surface area contributed by atoms with Crippen molar-refractivity contribution >= 4 is 16.9 Å². The van der Waals surface area contributed by atoms with Gasteiger partial charge in [0.25, 0.3) is 0 Å². The van der Waals surface area contributed by atoms with Crippen LogP contribution in [0.5, 0.6) is 0 Å². The summed E-state index contributed by atoms with van der Waals surface area (Å²) in [6, 6.07) is 1.58. The number of hydrogen-bond donors (Lipinski definition) is 1. The number of amidine groups is 1. The normalized spacial score (nSPS) is 34.7. The van der Waals surface area contributed by atoms with Crippen LogP contribution in [0, 0.1) is 5.41 Å². The zero-order valence-electron chi connectivity index (χ0n) is 11.7. The lowest BCUT2D eigenvalue weighted by Crippen LogP contribution is -2.40. The van der Waals surface area contributed by atoms with Gasteiger partial charge in [0.05, 0.1) is 0 Å². The van der Waals surface area contributed by atoms with E-state index in [1.807, 2.05) is 11.8 Å². The van der Waals surface area contributed by atoms with Crippen LogP contribution in [0.1, 0.15) is 44.9 Å². The van der Waals surface area contributed by atoms with Crippen molar-refractivity contribution in [2.24, 2.45) is 10.4 Å². The average molecular weight is 279 g/mol. The van der Waals surface area contributed by atoms with Gasteiger partial charge < -0.3 is 5.32 Å². The second-order valence-corrected chi connectivity index (χ2v) is 7.94. The minimum Gasteiger partial charge on any atom is -0.361 e. The van der Waals surface area contributed by atoms with Crippen molar-refractivity contribution in [1.29, 1.82) is 0 Å². The van der Waals surface area contributed by atoms with Crippen molar-refractivity contribution in [1.82, 2.24) is 10.2 Å². The molecular weight excluding hydrogens is 254 g/mol. The smallest absolute Gasteiger partial charge is 0.156 e. The number of thioether (sulfide) groups is 1. The Balaban J connectivity index is 1.30. The molecule has 0 aromatic rings. The molecule has 2 heterocycles. The predicted octanol–water partition coefficient (Wildman–Crippen LogP) is 2.48. The average Bonchev–Trinajstić information content (AvgIpc) is 3.01. The Hall–Kier alpha value is -0.220. The fraction of sp³-hybridized carbons (Fsp3) is 0.933. The summed E-state index contributed by atoms with van der Waals surface area (Å²) in [5, 5.41) is 4.94. The zero-order valence-corrected chi connectivity index (χ0v) is 12.6. The molecular formula is C15H25N3S. The summed E-state index contributed by atoms with van der Waals surface area (Å²) in [6.45, 7) is 3.63. The molecule has 3 nitrogen and oxygen atoms in total. The molecule has 0 bridgehead atoms. The van der Waals surface area contributed by atoms with E-state index in [0.717, 1.165) is 12.6 Å². The summed E-state index contributed by atoms with van der Waals surface area (Å²) >= 11 is 1.99. The molecule has 0 amide bonds. The molecule has 1 N–H and O–H groups in total. The molecule has 106 valence electrons. The van der Waals surface area contributed by atoms with Gasteiger partial charge in [0.15, 0.2) is 5.17 Å². The molecule has 4 aliphatic rings. The monoisotopic (exact) mass is 279 g/mol. The van der Waals surface area contributed by atoms with Gasteiger partial charge in [0, 0.05) is 37.5 Å². The molecule has 1 spiro atoms. The van der Waals surface area contributed by atoms with Crippen LogP contribution in [0.15, 0.2) is 4.99 Å². The van der Waals surface area contributed by atoms with Crippen molar-refractivity contribution in [3.8, 4) is 0 Å². The minimum absolute atomic E-state index is 0.575. The molecule has 3 fully saturated rings. The summed E-state index contributed by atoms with van der Waals surface area (Å²) in [5.41, 5.74) is 0.575. The molecule has 0 aromatic heterocycles. The van der Waals surface area contributed by atoms with Gasteiger partial charge in [-0.2, -0.15) is 0 Å². The largest absolute Gasteiger partial charge is 0.361 e. The molecule has 2 saturated carbocycles. The summed E-state index contributed by atoms with van der Waals surface area (Å²) < 4.78 is 0. The van der Waals surface area contributed by atoms with E-state index in [9.17, 15) is 0 Å². The molecule has 2 aliphatic carbocycles. The Morgan fingerprint density at radius 2 is 2.05 bits per heavy atom. The van der Waals surface area contributed by atoms with E-state index < -0.39 is 0 Å². The van der Waals surface area contributed by atoms with Gasteiger partial charge >= 0.3 is 0 Å². The third-order valence-corrected chi connectivity index (χ3v) is 6.62. The van der Waals surface area contributed by atoms with Gasteiger partial charge in [-0.25, -0.2) is 0 Å². The van der Waals surface area contributed by atoms with Crippen LogP contribution >= 0.6 is 11.8 Å². The summed E-state index contributed by atoms with van der Waals surface area (Å²) in [6.07, 6.45) is 9.86. The van der Waals surface area contributed by atoms with Crippen LogP contribution in [-0.2, 0) is 0 Å². The number of rotatable bonds is 2. The van der Waals surface area contributed by atoms with Gasteiger partial charge in [-0.05, 0) is 37.5 Å². The lowest BCUT2D eigenvalue weighted by Gasteiger charge is -2.31. The Kier molecular flexibility index (Phi) is 3.27. The van der Waals surface area contributed by atoms with Crippen LogP contribution in [0.25, 0.3) is 0 Å². The topological polar surface area (TPSA) is 27.6 Å². The maximum absolute atomic E-state index is 4.86. The van der Waals surface area contributed by atoms with Crippen LogP contribution in [0.4, 0.5) is 0 Å². The van der Waals surface area contributed by atoms with E-state index in [0.29, 0.717) is 11.5 Å². The Morgan fingerprint density at radius 3 is 2.74 bits per heavy atom. The molecule has 4 heteroatoms. The molecule has 1 unspecified atom stereocenters.